The Hall–Kier alpha value is -1.07. The van der Waals surface area contributed by atoms with Crippen LogP contribution in [-0.2, 0) is 5.54 Å². The Kier molecular flexibility index (Phi) is 5.38. The van der Waals surface area contributed by atoms with Gasteiger partial charge in [0.2, 0.25) is 0 Å². The molecule has 1 saturated heterocycles. The van der Waals surface area contributed by atoms with Crippen molar-refractivity contribution < 1.29 is 4.79 Å². The maximum atomic E-state index is 12.1. The second kappa shape index (κ2) is 6.39. The highest BCUT2D eigenvalue weighted by molar-refractivity contribution is 5.93. The molecule has 2 heterocycles. The van der Waals surface area contributed by atoms with E-state index in [0.717, 1.165) is 25.9 Å². The van der Waals surface area contributed by atoms with E-state index in [1.165, 1.54) is 0 Å². The van der Waals surface area contributed by atoms with E-state index in [2.05, 4.69) is 36.5 Å². The molecule has 6 heteroatoms. The third-order valence-corrected chi connectivity index (χ3v) is 3.16. The van der Waals surface area contributed by atoms with Crippen LogP contribution in [0.4, 0.5) is 0 Å². The summed E-state index contributed by atoms with van der Waals surface area (Å²) in [6.45, 7) is 8.10. The van der Waals surface area contributed by atoms with Crippen LogP contribution in [0.15, 0.2) is 12.4 Å². The maximum Gasteiger partial charge on any atom is 0.254 e. The Morgan fingerprint density at radius 2 is 2.26 bits per heavy atom. The highest BCUT2D eigenvalue weighted by Crippen LogP contribution is 2.13. The monoisotopic (exact) mass is 286 g/mol. The van der Waals surface area contributed by atoms with Gasteiger partial charge in [-0.05, 0) is 40.2 Å². The van der Waals surface area contributed by atoms with E-state index in [-0.39, 0.29) is 29.9 Å². The van der Waals surface area contributed by atoms with Crippen molar-refractivity contribution in [1.82, 2.24) is 20.4 Å². The average Bonchev–Trinajstić information content (AvgIpc) is 2.79. The van der Waals surface area contributed by atoms with E-state index in [4.69, 9.17) is 0 Å². The summed E-state index contributed by atoms with van der Waals surface area (Å²) < 4.78 is 1.82. The zero-order valence-electron chi connectivity index (χ0n) is 11.8. The van der Waals surface area contributed by atoms with Gasteiger partial charge in [0.1, 0.15) is 0 Å². The molecule has 0 bridgehead atoms. The molecule has 0 unspecified atom stereocenters. The summed E-state index contributed by atoms with van der Waals surface area (Å²) in [7, 11) is 0. The van der Waals surface area contributed by atoms with Crippen LogP contribution in [0.3, 0.4) is 0 Å². The number of hydrogen-bond acceptors (Lipinski definition) is 3. The van der Waals surface area contributed by atoms with Crippen molar-refractivity contribution in [2.75, 3.05) is 13.1 Å². The molecule has 1 atom stereocenters. The van der Waals surface area contributed by atoms with Crippen LogP contribution >= 0.6 is 12.4 Å². The van der Waals surface area contributed by atoms with Gasteiger partial charge in [-0.25, -0.2) is 0 Å². The molecule has 19 heavy (non-hydrogen) atoms. The Bertz CT molecular complexity index is 419. The van der Waals surface area contributed by atoms with Gasteiger partial charge in [-0.15, -0.1) is 12.4 Å². The SMILES string of the molecule is CC(C)(C)n1cc(C(=O)N[C@H]2CCCNC2)cn1.Cl. The number of nitrogens with one attached hydrogen (secondary N) is 2. The van der Waals surface area contributed by atoms with Gasteiger partial charge in [0, 0.05) is 18.8 Å². The summed E-state index contributed by atoms with van der Waals surface area (Å²) in [5, 5.41) is 10.6. The van der Waals surface area contributed by atoms with E-state index >= 15 is 0 Å². The maximum absolute atomic E-state index is 12.1. The Morgan fingerprint density at radius 1 is 1.53 bits per heavy atom. The summed E-state index contributed by atoms with van der Waals surface area (Å²) in [6.07, 6.45) is 5.61. The molecule has 5 nitrogen and oxygen atoms in total. The number of amides is 1. The van der Waals surface area contributed by atoms with E-state index in [1.807, 2.05) is 10.9 Å². The van der Waals surface area contributed by atoms with Crippen molar-refractivity contribution in [2.45, 2.75) is 45.2 Å². The van der Waals surface area contributed by atoms with E-state index in [1.54, 1.807) is 6.20 Å². The van der Waals surface area contributed by atoms with E-state index in [9.17, 15) is 4.79 Å². The molecule has 0 aliphatic carbocycles. The molecule has 0 aromatic carbocycles. The first kappa shape index (κ1) is 16.0. The third-order valence-electron chi connectivity index (χ3n) is 3.16. The summed E-state index contributed by atoms with van der Waals surface area (Å²) in [5.41, 5.74) is 0.542. The molecule has 0 spiro atoms. The summed E-state index contributed by atoms with van der Waals surface area (Å²) in [4.78, 5) is 12.1. The van der Waals surface area contributed by atoms with E-state index in [0.29, 0.717) is 5.56 Å². The Labute approximate surface area is 120 Å². The van der Waals surface area contributed by atoms with E-state index < -0.39 is 0 Å². The van der Waals surface area contributed by atoms with Gasteiger partial charge in [0.25, 0.3) is 5.91 Å². The fraction of sp³-hybridized carbons (Fsp3) is 0.692. The molecular formula is C13H23ClN4O. The van der Waals surface area contributed by atoms with Crippen molar-refractivity contribution >= 4 is 18.3 Å². The summed E-state index contributed by atoms with van der Waals surface area (Å²) in [5.74, 6) is -0.0285. The number of nitrogens with zero attached hydrogens (tertiary/aromatic N) is 2. The first-order valence-corrected chi connectivity index (χ1v) is 6.53. The minimum absolute atomic E-state index is 0. The molecule has 2 rings (SSSR count). The minimum atomic E-state index is -0.0923. The Balaban J connectivity index is 0.00000180. The highest BCUT2D eigenvalue weighted by Gasteiger charge is 2.19. The van der Waals surface area contributed by atoms with Crippen LogP contribution < -0.4 is 10.6 Å². The zero-order chi connectivity index (χ0) is 13.2. The predicted octanol–water partition coefficient (Wildman–Crippen LogP) is 1.54. The van der Waals surface area contributed by atoms with Gasteiger partial charge in [0.05, 0.1) is 17.3 Å². The number of halogens is 1. The molecule has 1 aromatic heterocycles. The molecular weight excluding hydrogens is 264 g/mol. The first-order chi connectivity index (χ1) is 8.47. The third kappa shape index (κ3) is 4.21. The van der Waals surface area contributed by atoms with Crippen LogP contribution in [0.2, 0.25) is 0 Å². The first-order valence-electron chi connectivity index (χ1n) is 6.53. The van der Waals surface area contributed by atoms with Gasteiger partial charge in [-0.2, -0.15) is 5.10 Å². The normalized spacial score (nSPS) is 19.6. The second-order valence-electron chi connectivity index (χ2n) is 5.86. The molecule has 1 amide bonds. The molecule has 0 saturated carbocycles. The standard InChI is InChI=1S/C13H22N4O.ClH/c1-13(2,3)17-9-10(7-15-17)12(18)16-11-5-4-6-14-8-11;/h7,9,11,14H,4-6,8H2,1-3H3,(H,16,18);1H/t11-;/m0./s1. The van der Waals surface area contributed by atoms with Crippen molar-refractivity contribution in [3.8, 4) is 0 Å². The number of rotatable bonds is 2. The summed E-state index contributed by atoms with van der Waals surface area (Å²) >= 11 is 0. The molecule has 108 valence electrons. The molecule has 1 aromatic rings. The van der Waals surface area contributed by atoms with Crippen LogP contribution in [-0.4, -0.2) is 34.8 Å². The van der Waals surface area contributed by atoms with Crippen LogP contribution in [0, 0.1) is 0 Å². The highest BCUT2D eigenvalue weighted by atomic mass is 35.5. The van der Waals surface area contributed by atoms with Crippen molar-refractivity contribution in [1.29, 1.82) is 0 Å². The molecule has 0 radical (unpaired) electrons. The van der Waals surface area contributed by atoms with Gasteiger partial charge >= 0.3 is 0 Å². The van der Waals surface area contributed by atoms with Gasteiger partial charge in [-0.3, -0.25) is 9.48 Å². The lowest BCUT2D eigenvalue weighted by molar-refractivity contribution is 0.0930. The fourth-order valence-corrected chi connectivity index (χ4v) is 2.05. The minimum Gasteiger partial charge on any atom is -0.348 e. The fourth-order valence-electron chi connectivity index (χ4n) is 2.05. The lowest BCUT2D eigenvalue weighted by Crippen LogP contribution is -2.45. The van der Waals surface area contributed by atoms with Crippen LogP contribution in [0.25, 0.3) is 0 Å². The number of carbonyl (C=O) groups excluding carboxylic acids is 1. The number of aromatic nitrogens is 2. The van der Waals surface area contributed by atoms with Gasteiger partial charge in [-0.1, -0.05) is 0 Å². The van der Waals surface area contributed by atoms with Crippen molar-refractivity contribution in [3.63, 3.8) is 0 Å². The lowest BCUT2D eigenvalue weighted by atomic mass is 10.1. The smallest absolute Gasteiger partial charge is 0.254 e. The largest absolute Gasteiger partial charge is 0.348 e. The summed E-state index contributed by atoms with van der Waals surface area (Å²) in [6, 6.07) is 0.240. The quantitative estimate of drug-likeness (QED) is 0.867. The van der Waals surface area contributed by atoms with Crippen LogP contribution in [0.5, 0.6) is 0 Å². The van der Waals surface area contributed by atoms with Crippen LogP contribution in [0.1, 0.15) is 44.0 Å². The molecule has 1 aliphatic heterocycles. The second-order valence-corrected chi connectivity index (χ2v) is 5.86. The lowest BCUT2D eigenvalue weighted by Gasteiger charge is -2.23. The number of piperidine rings is 1. The van der Waals surface area contributed by atoms with Crippen molar-refractivity contribution in [2.24, 2.45) is 0 Å². The Morgan fingerprint density at radius 3 is 2.79 bits per heavy atom. The topological polar surface area (TPSA) is 59.0 Å². The molecule has 1 aliphatic rings. The number of carbonyl (C=O) groups is 1. The number of hydrogen-bond donors (Lipinski definition) is 2. The van der Waals surface area contributed by atoms with Gasteiger partial charge in [0.15, 0.2) is 0 Å². The van der Waals surface area contributed by atoms with Gasteiger partial charge < -0.3 is 10.6 Å². The van der Waals surface area contributed by atoms with Crippen molar-refractivity contribution in [3.05, 3.63) is 18.0 Å². The molecule has 2 N–H and O–H groups in total. The predicted molar refractivity (Wildman–Crippen MR) is 77.8 cm³/mol. The average molecular weight is 287 g/mol. The molecule has 1 fully saturated rings. The zero-order valence-corrected chi connectivity index (χ0v) is 12.6.